The molecule has 118 valence electrons. The first-order chi connectivity index (χ1) is 10.9. The molecule has 1 aliphatic rings. The summed E-state index contributed by atoms with van der Waals surface area (Å²) < 4.78 is 44.3. The Balaban J connectivity index is 1.93. The van der Waals surface area contributed by atoms with Crippen LogP contribution in [0.5, 0.6) is 0 Å². The van der Waals surface area contributed by atoms with E-state index in [4.69, 9.17) is 4.74 Å². The number of hydrazone groups is 1. The molecule has 0 aromatic heterocycles. The van der Waals surface area contributed by atoms with Crippen LogP contribution in [0, 0.1) is 0 Å². The number of nitrogens with zero attached hydrogens (tertiary/aromatic N) is 1. The number of carbonyl (C=O) groups excluding carboxylic acids is 1. The summed E-state index contributed by atoms with van der Waals surface area (Å²) in [5.74, 6) is -0.135. The zero-order valence-electron chi connectivity index (χ0n) is 11.7. The predicted molar refractivity (Wildman–Crippen MR) is 77.5 cm³/mol. The van der Waals surface area contributed by atoms with Gasteiger partial charge in [0.2, 0.25) is 5.90 Å². The van der Waals surface area contributed by atoms with Crippen LogP contribution in [-0.2, 0) is 15.7 Å². The Labute approximate surface area is 129 Å². The first-order valence-corrected chi connectivity index (χ1v) is 6.71. The molecule has 1 heterocycles. The van der Waals surface area contributed by atoms with Crippen molar-refractivity contribution >= 4 is 11.8 Å². The van der Waals surface area contributed by atoms with Crippen molar-refractivity contribution in [2.75, 3.05) is 6.61 Å². The molecule has 7 heteroatoms. The van der Waals surface area contributed by atoms with Crippen molar-refractivity contribution in [3.63, 3.8) is 0 Å². The highest BCUT2D eigenvalue weighted by Crippen LogP contribution is 2.36. The number of benzene rings is 2. The lowest BCUT2D eigenvalue weighted by molar-refractivity contribution is -0.137. The molecule has 0 saturated carbocycles. The number of hydrogen-bond acceptors (Lipinski definition) is 3. The van der Waals surface area contributed by atoms with Gasteiger partial charge in [-0.2, -0.15) is 13.2 Å². The van der Waals surface area contributed by atoms with Gasteiger partial charge < -0.3 is 4.74 Å². The Bertz CT molecular complexity index is 768. The molecule has 0 radical (unpaired) electrons. The van der Waals surface area contributed by atoms with Gasteiger partial charge in [0, 0.05) is 5.56 Å². The predicted octanol–water partition coefficient (Wildman–Crippen LogP) is 3.18. The van der Waals surface area contributed by atoms with Crippen molar-refractivity contribution in [3.8, 4) is 11.1 Å². The van der Waals surface area contributed by atoms with Crippen LogP contribution in [0.4, 0.5) is 13.2 Å². The van der Waals surface area contributed by atoms with E-state index >= 15 is 0 Å². The summed E-state index contributed by atoms with van der Waals surface area (Å²) in [5, 5.41) is 3.75. The van der Waals surface area contributed by atoms with Crippen LogP contribution in [0.1, 0.15) is 11.1 Å². The lowest BCUT2D eigenvalue weighted by Crippen LogP contribution is -2.32. The zero-order chi connectivity index (χ0) is 16.4. The van der Waals surface area contributed by atoms with E-state index in [2.05, 4.69) is 10.5 Å². The number of rotatable bonds is 2. The van der Waals surface area contributed by atoms with Crippen molar-refractivity contribution in [1.29, 1.82) is 0 Å². The van der Waals surface area contributed by atoms with Gasteiger partial charge in [0.25, 0.3) is 5.91 Å². The lowest BCUT2D eigenvalue weighted by atomic mass is 9.98. The van der Waals surface area contributed by atoms with Gasteiger partial charge in [-0.25, -0.2) is 5.43 Å². The summed E-state index contributed by atoms with van der Waals surface area (Å²) in [6.45, 7) is -0.141. The van der Waals surface area contributed by atoms with Crippen molar-refractivity contribution < 1.29 is 22.7 Å². The van der Waals surface area contributed by atoms with Crippen LogP contribution in [0.3, 0.4) is 0 Å². The normalized spacial score (nSPS) is 14.7. The quantitative estimate of drug-likeness (QED) is 0.924. The molecule has 0 bridgehead atoms. The smallest absolute Gasteiger partial charge is 0.417 e. The van der Waals surface area contributed by atoms with Crippen molar-refractivity contribution in [2.24, 2.45) is 5.10 Å². The number of amides is 1. The second kappa shape index (κ2) is 5.75. The third-order valence-corrected chi connectivity index (χ3v) is 3.30. The van der Waals surface area contributed by atoms with Gasteiger partial charge >= 0.3 is 6.18 Å². The molecule has 0 saturated heterocycles. The van der Waals surface area contributed by atoms with E-state index in [0.29, 0.717) is 11.1 Å². The Morgan fingerprint density at radius 1 is 1.00 bits per heavy atom. The summed E-state index contributed by atoms with van der Waals surface area (Å²) >= 11 is 0. The molecule has 0 unspecified atom stereocenters. The van der Waals surface area contributed by atoms with Crippen LogP contribution in [0.25, 0.3) is 11.1 Å². The fourth-order valence-electron chi connectivity index (χ4n) is 2.23. The van der Waals surface area contributed by atoms with Gasteiger partial charge in [0.1, 0.15) is 0 Å². The van der Waals surface area contributed by atoms with Crippen LogP contribution >= 0.6 is 0 Å². The molecular weight excluding hydrogens is 309 g/mol. The van der Waals surface area contributed by atoms with E-state index < -0.39 is 11.7 Å². The van der Waals surface area contributed by atoms with Gasteiger partial charge in [0.15, 0.2) is 6.61 Å². The third kappa shape index (κ3) is 3.18. The maximum absolute atomic E-state index is 13.1. The van der Waals surface area contributed by atoms with Gasteiger partial charge in [-0.15, -0.1) is 5.10 Å². The summed E-state index contributed by atoms with van der Waals surface area (Å²) in [6.07, 6.45) is -4.42. The van der Waals surface area contributed by atoms with E-state index in [1.54, 1.807) is 30.3 Å². The van der Waals surface area contributed by atoms with Gasteiger partial charge in [-0.3, -0.25) is 4.79 Å². The van der Waals surface area contributed by atoms with Crippen molar-refractivity contribution in [2.45, 2.75) is 6.18 Å². The van der Waals surface area contributed by atoms with E-state index in [9.17, 15) is 18.0 Å². The summed E-state index contributed by atoms with van der Waals surface area (Å²) in [6, 6.07) is 11.7. The molecule has 0 atom stereocenters. The molecule has 1 aliphatic heterocycles. The molecular formula is C16H11F3N2O2. The summed E-state index contributed by atoms with van der Waals surface area (Å²) in [7, 11) is 0. The molecule has 4 nitrogen and oxygen atoms in total. The monoisotopic (exact) mass is 320 g/mol. The molecule has 23 heavy (non-hydrogen) atoms. The molecule has 2 aromatic carbocycles. The van der Waals surface area contributed by atoms with E-state index in [-0.39, 0.29) is 24.0 Å². The topological polar surface area (TPSA) is 50.7 Å². The average Bonchev–Trinajstić information content (AvgIpc) is 2.55. The number of nitrogens with one attached hydrogen (secondary N) is 1. The van der Waals surface area contributed by atoms with Crippen LogP contribution in [0.15, 0.2) is 53.6 Å². The van der Waals surface area contributed by atoms with Crippen LogP contribution < -0.4 is 5.43 Å². The zero-order valence-corrected chi connectivity index (χ0v) is 11.7. The number of halogens is 3. The van der Waals surface area contributed by atoms with E-state index in [1.165, 1.54) is 12.1 Å². The summed E-state index contributed by atoms with van der Waals surface area (Å²) in [5.41, 5.74) is 2.70. The Kier molecular flexibility index (Phi) is 3.77. The minimum atomic E-state index is -4.42. The number of ether oxygens (including phenoxy) is 1. The fourth-order valence-corrected chi connectivity index (χ4v) is 2.23. The molecule has 3 rings (SSSR count). The fraction of sp³-hybridized carbons (Fsp3) is 0.125. The first-order valence-electron chi connectivity index (χ1n) is 6.71. The second-order valence-corrected chi connectivity index (χ2v) is 4.86. The highest BCUT2D eigenvalue weighted by Gasteiger charge is 2.33. The maximum Gasteiger partial charge on any atom is 0.417 e. The molecule has 0 spiro atoms. The lowest BCUT2D eigenvalue weighted by Gasteiger charge is -2.15. The second-order valence-electron chi connectivity index (χ2n) is 4.86. The molecule has 1 N–H and O–H groups in total. The van der Waals surface area contributed by atoms with Crippen molar-refractivity contribution in [3.05, 3.63) is 59.7 Å². The average molecular weight is 320 g/mol. The Morgan fingerprint density at radius 3 is 2.26 bits per heavy atom. The Hall–Kier alpha value is -2.83. The molecule has 0 aliphatic carbocycles. The standard InChI is InChI=1S/C16H11F3N2O2/c17-16(18,19)13-4-2-1-3-12(13)10-5-7-11(8-6-10)15-21-20-14(22)9-23-15/h1-8H,9H2,(H,20,22). The largest absolute Gasteiger partial charge is 0.466 e. The first kappa shape index (κ1) is 15.1. The molecule has 0 fully saturated rings. The van der Waals surface area contributed by atoms with Gasteiger partial charge in [-0.05, 0) is 29.3 Å². The molecule has 1 amide bonds. The third-order valence-electron chi connectivity index (χ3n) is 3.30. The van der Waals surface area contributed by atoms with Crippen LogP contribution in [0.2, 0.25) is 0 Å². The van der Waals surface area contributed by atoms with Gasteiger partial charge in [0.05, 0.1) is 5.56 Å². The number of carbonyl (C=O) groups is 1. The number of hydrogen-bond donors (Lipinski definition) is 1. The van der Waals surface area contributed by atoms with Gasteiger partial charge in [-0.1, -0.05) is 30.3 Å². The summed E-state index contributed by atoms with van der Waals surface area (Å²) in [4.78, 5) is 11.0. The van der Waals surface area contributed by atoms with Crippen molar-refractivity contribution in [1.82, 2.24) is 5.43 Å². The SMILES string of the molecule is O=C1COC(c2ccc(-c3ccccc3C(F)(F)F)cc2)=NN1. The van der Waals surface area contributed by atoms with E-state index in [1.807, 2.05) is 0 Å². The Morgan fingerprint density at radius 2 is 1.65 bits per heavy atom. The molecule has 2 aromatic rings. The van der Waals surface area contributed by atoms with Crippen LogP contribution in [-0.4, -0.2) is 18.4 Å². The minimum absolute atomic E-state index is 0.103. The maximum atomic E-state index is 13.1. The highest BCUT2D eigenvalue weighted by molar-refractivity contribution is 5.98. The van der Waals surface area contributed by atoms with E-state index in [0.717, 1.165) is 6.07 Å². The minimum Gasteiger partial charge on any atom is -0.466 e. The highest BCUT2D eigenvalue weighted by atomic mass is 19.4. The number of alkyl halides is 3.